The lowest BCUT2D eigenvalue weighted by Crippen LogP contribution is -2.36. The quantitative estimate of drug-likeness (QED) is 0.825. The third-order valence-electron chi connectivity index (χ3n) is 3.79. The molecule has 0 atom stereocenters. The van der Waals surface area contributed by atoms with Gasteiger partial charge in [0.1, 0.15) is 11.6 Å². The summed E-state index contributed by atoms with van der Waals surface area (Å²) < 4.78 is 63.6. The molecule has 0 heterocycles. The first-order valence-electron chi connectivity index (χ1n) is 6.60. The van der Waals surface area contributed by atoms with Crippen LogP contribution in [0.15, 0.2) is 18.2 Å². The molecule has 1 aliphatic carbocycles. The molecule has 1 fully saturated rings. The third-order valence-corrected chi connectivity index (χ3v) is 3.79. The van der Waals surface area contributed by atoms with Gasteiger partial charge in [0.2, 0.25) is 0 Å². The lowest BCUT2D eigenvalue weighted by molar-refractivity contribution is -0.182. The molecule has 0 amide bonds. The van der Waals surface area contributed by atoms with Gasteiger partial charge in [-0.05, 0) is 31.7 Å². The Labute approximate surface area is 114 Å². The Morgan fingerprint density at radius 1 is 1.05 bits per heavy atom. The van der Waals surface area contributed by atoms with Crippen molar-refractivity contribution >= 4 is 0 Å². The lowest BCUT2D eigenvalue weighted by Gasteiger charge is -2.30. The minimum Gasteiger partial charge on any atom is -0.310 e. The van der Waals surface area contributed by atoms with Gasteiger partial charge >= 0.3 is 6.18 Å². The Morgan fingerprint density at radius 2 is 1.70 bits per heavy atom. The maximum Gasteiger partial charge on any atom is 0.391 e. The molecule has 112 valence electrons. The van der Waals surface area contributed by atoms with E-state index in [4.69, 9.17) is 0 Å². The number of benzene rings is 1. The number of nitrogens with one attached hydrogen (secondary N) is 1. The van der Waals surface area contributed by atoms with E-state index in [2.05, 4.69) is 5.32 Å². The van der Waals surface area contributed by atoms with Crippen LogP contribution < -0.4 is 5.32 Å². The predicted molar refractivity (Wildman–Crippen MR) is 65.0 cm³/mol. The van der Waals surface area contributed by atoms with Crippen molar-refractivity contribution < 1.29 is 22.0 Å². The van der Waals surface area contributed by atoms with Gasteiger partial charge in [-0.25, -0.2) is 8.78 Å². The average Bonchev–Trinajstić information content (AvgIpc) is 2.37. The van der Waals surface area contributed by atoms with Crippen LogP contribution in [0, 0.1) is 17.6 Å². The fourth-order valence-electron chi connectivity index (χ4n) is 2.54. The van der Waals surface area contributed by atoms with Gasteiger partial charge in [0.25, 0.3) is 0 Å². The smallest absolute Gasteiger partial charge is 0.310 e. The average molecular weight is 293 g/mol. The van der Waals surface area contributed by atoms with Crippen LogP contribution in [-0.2, 0) is 6.54 Å². The van der Waals surface area contributed by atoms with Crippen LogP contribution in [-0.4, -0.2) is 12.2 Å². The molecule has 1 saturated carbocycles. The molecule has 1 N–H and O–H groups in total. The summed E-state index contributed by atoms with van der Waals surface area (Å²) >= 11 is 0. The van der Waals surface area contributed by atoms with Gasteiger partial charge in [-0.2, -0.15) is 13.2 Å². The third kappa shape index (κ3) is 3.91. The van der Waals surface area contributed by atoms with Crippen molar-refractivity contribution in [1.29, 1.82) is 0 Å². The molecule has 0 aliphatic heterocycles. The van der Waals surface area contributed by atoms with E-state index in [0.29, 0.717) is 18.4 Å². The SMILES string of the molecule is Fc1ccc(CNC2CCC(C(F)(F)F)CC2)c(F)c1. The zero-order valence-electron chi connectivity index (χ0n) is 10.8. The fourth-order valence-corrected chi connectivity index (χ4v) is 2.54. The van der Waals surface area contributed by atoms with Crippen LogP contribution in [0.3, 0.4) is 0 Å². The van der Waals surface area contributed by atoms with Crippen LogP contribution in [0.1, 0.15) is 31.2 Å². The summed E-state index contributed by atoms with van der Waals surface area (Å²) in [5.74, 6) is -2.50. The first-order valence-corrected chi connectivity index (χ1v) is 6.60. The highest BCUT2D eigenvalue weighted by Crippen LogP contribution is 2.37. The Morgan fingerprint density at radius 3 is 2.25 bits per heavy atom. The van der Waals surface area contributed by atoms with Crippen LogP contribution in [0.25, 0.3) is 0 Å². The van der Waals surface area contributed by atoms with E-state index in [9.17, 15) is 22.0 Å². The van der Waals surface area contributed by atoms with Gasteiger partial charge in [0.05, 0.1) is 5.92 Å². The summed E-state index contributed by atoms with van der Waals surface area (Å²) in [7, 11) is 0. The van der Waals surface area contributed by atoms with E-state index in [1.807, 2.05) is 0 Å². The Balaban J connectivity index is 1.82. The summed E-state index contributed by atoms with van der Waals surface area (Å²) in [6.07, 6.45) is -3.06. The highest BCUT2D eigenvalue weighted by molar-refractivity contribution is 5.18. The minimum atomic E-state index is -4.12. The largest absolute Gasteiger partial charge is 0.391 e. The molecule has 0 radical (unpaired) electrons. The maximum atomic E-state index is 13.4. The van der Waals surface area contributed by atoms with E-state index >= 15 is 0 Å². The predicted octanol–water partition coefficient (Wildman–Crippen LogP) is 4.18. The van der Waals surface area contributed by atoms with Gasteiger partial charge in [0, 0.05) is 24.2 Å². The summed E-state index contributed by atoms with van der Waals surface area (Å²) in [6, 6.07) is 3.27. The standard InChI is InChI=1S/C14H16F5N/c15-11-4-1-9(13(16)7-11)8-20-12-5-2-10(3-6-12)14(17,18)19/h1,4,7,10,12,20H,2-3,5-6,8H2. The zero-order valence-corrected chi connectivity index (χ0v) is 10.8. The zero-order chi connectivity index (χ0) is 14.8. The van der Waals surface area contributed by atoms with E-state index in [1.54, 1.807) is 0 Å². The Hall–Kier alpha value is -1.17. The number of hydrogen-bond donors (Lipinski definition) is 1. The molecule has 2 rings (SSSR count). The molecule has 6 heteroatoms. The molecule has 1 nitrogen and oxygen atoms in total. The number of halogens is 5. The van der Waals surface area contributed by atoms with Crippen molar-refractivity contribution in [2.75, 3.05) is 0 Å². The van der Waals surface area contributed by atoms with Crippen LogP contribution >= 0.6 is 0 Å². The molecule has 1 aromatic rings. The Kier molecular flexibility index (Phi) is 4.62. The summed E-state index contributed by atoms with van der Waals surface area (Å²) in [5, 5.41) is 3.04. The maximum absolute atomic E-state index is 13.4. The van der Waals surface area contributed by atoms with Crippen molar-refractivity contribution in [3.63, 3.8) is 0 Å². The molecule has 1 aliphatic rings. The molecule has 0 bridgehead atoms. The highest BCUT2D eigenvalue weighted by atomic mass is 19.4. The normalized spacial score (nSPS) is 23.9. The molecule has 0 spiro atoms. The van der Waals surface area contributed by atoms with Crippen molar-refractivity contribution in [2.45, 2.75) is 44.4 Å². The van der Waals surface area contributed by atoms with Gasteiger partial charge in [-0.15, -0.1) is 0 Å². The van der Waals surface area contributed by atoms with E-state index in [1.165, 1.54) is 12.1 Å². The topological polar surface area (TPSA) is 12.0 Å². The fraction of sp³-hybridized carbons (Fsp3) is 0.571. The van der Waals surface area contributed by atoms with Gasteiger partial charge < -0.3 is 5.32 Å². The van der Waals surface area contributed by atoms with Crippen molar-refractivity contribution in [2.24, 2.45) is 5.92 Å². The minimum absolute atomic E-state index is 0.0435. The van der Waals surface area contributed by atoms with Crippen LogP contribution in [0.4, 0.5) is 22.0 Å². The first-order chi connectivity index (χ1) is 9.36. The molecular weight excluding hydrogens is 277 g/mol. The second kappa shape index (κ2) is 6.08. The molecule has 0 saturated heterocycles. The molecule has 0 aromatic heterocycles. The number of rotatable bonds is 3. The molecule has 20 heavy (non-hydrogen) atoms. The highest BCUT2D eigenvalue weighted by Gasteiger charge is 2.41. The summed E-state index contributed by atoms with van der Waals surface area (Å²) in [4.78, 5) is 0. The Bertz CT molecular complexity index is 449. The van der Waals surface area contributed by atoms with Crippen LogP contribution in [0.5, 0.6) is 0 Å². The monoisotopic (exact) mass is 293 g/mol. The molecule has 0 unspecified atom stereocenters. The van der Waals surface area contributed by atoms with Gasteiger partial charge in [-0.3, -0.25) is 0 Å². The van der Waals surface area contributed by atoms with Crippen LogP contribution in [0.2, 0.25) is 0 Å². The lowest BCUT2D eigenvalue weighted by atomic mass is 9.85. The van der Waals surface area contributed by atoms with E-state index < -0.39 is 23.7 Å². The van der Waals surface area contributed by atoms with Gasteiger partial charge in [-0.1, -0.05) is 6.07 Å². The van der Waals surface area contributed by atoms with Crippen molar-refractivity contribution in [1.82, 2.24) is 5.32 Å². The second-order valence-corrected chi connectivity index (χ2v) is 5.21. The van der Waals surface area contributed by atoms with E-state index in [0.717, 1.165) is 6.07 Å². The number of hydrogen-bond acceptors (Lipinski definition) is 1. The van der Waals surface area contributed by atoms with Crippen molar-refractivity contribution in [3.8, 4) is 0 Å². The van der Waals surface area contributed by atoms with Crippen molar-refractivity contribution in [3.05, 3.63) is 35.4 Å². The number of alkyl halides is 3. The molecular formula is C14H16F5N. The van der Waals surface area contributed by atoms with E-state index in [-0.39, 0.29) is 25.4 Å². The molecule has 1 aromatic carbocycles. The second-order valence-electron chi connectivity index (χ2n) is 5.21. The summed E-state index contributed by atoms with van der Waals surface area (Å²) in [5.41, 5.74) is 0.323. The van der Waals surface area contributed by atoms with Gasteiger partial charge in [0.15, 0.2) is 0 Å². The summed E-state index contributed by atoms with van der Waals surface area (Å²) in [6.45, 7) is 0.202. The first kappa shape index (κ1) is 15.2.